The van der Waals surface area contributed by atoms with E-state index >= 15 is 0 Å². The van der Waals surface area contributed by atoms with Gasteiger partial charge in [0.2, 0.25) is 5.91 Å². The van der Waals surface area contributed by atoms with E-state index in [2.05, 4.69) is 23.3 Å². The van der Waals surface area contributed by atoms with Gasteiger partial charge in [0, 0.05) is 32.3 Å². The van der Waals surface area contributed by atoms with Gasteiger partial charge in [-0.25, -0.2) is 0 Å². The molecule has 2 amide bonds. The third kappa shape index (κ3) is 5.51. The van der Waals surface area contributed by atoms with Crippen molar-refractivity contribution in [2.75, 3.05) is 20.2 Å². The number of nitrogens with zero attached hydrogens (tertiary/aromatic N) is 4. The molecule has 1 saturated heterocycles. The number of aryl methyl sites for hydroxylation is 3. The number of rotatable bonds is 4. The Balaban J connectivity index is 1.47. The zero-order valence-corrected chi connectivity index (χ0v) is 20.6. The summed E-state index contributed by atoms with van der Waals surface area (Å²) in [5.74, 6) is 0.876. The van der Waals surface area contributed by atoms with Crippen molar-refractivity contribution >= 4 is 11.8 Å². The standard InChI is InChI=1S/C27H36N4O3/c1-20-18-21(2)31(28-20)17-9-15-26(32)30-16-8-13-23-24(30)12-6-4-10-22-11-5-7-14-25(22)34-19-27(33)29(23)3/h4-7,11,14,18,23-24H,8-10,12-13,15-17,19H2,1-3H3/t23-,24-/m1/s1. The molecule has 0 spiro atoms. The molecule has 3 heterocycles. The molecule has 0 aliphatic carbocycles. The van der Waals surface area contributed by atoms with Crippen molar-refractivity contribution in [3.63, 3.8) is 0 Å². The van der Waals surface area contributed by atoms with Gasteiger partial charge in [-0.3, -0.25) is 14.3 Å². The Morgan fingerprint density at radius 3 is 2.79 bits per heavy atom. The van der Waals surface area contributed by atoms with E-state index in [1.165, 1.54) is 0 Å². The highest BCUT2D eigenvalue weighted by molar-refractivity contribution is 5.79. The number of para-hydroxylation sites is 1. The van der Waals surface area contributed by atoms with Gasteiger partial charge in [-0.05, 0) is 63.6 Å². The van der Waals surface area contributed by atoms with E-state index in [4.69, 9.17) is 4.74 Å². The van der Waals surface area contributed by atoms with Crippen LogP contribution in [0.25, 0.3) is 0 Å². The van der Waals surface area contributed by atoms with Crippen LogP contribution >= 0.6 is 0 Å². The molecule has 2 atom stereocenters. The minimum Gasteiger partial charge on any atom is -0.483 e. The fraction of sp³-hybridized carbons (Fsp3) is 0.519. The van der Waals surface area contributed by atoms with Crippen molar-refractivity contribution < 1.29 is 14.3 Å². The number of amides is 2. The molecule has 1 fully saturated rings. The summed E-state index contributed by atoms with van der Waals surface area (Å²) in [5.41, 5.74) is 3.19. The van der Waals surface area contributed by atoms with Crippen LogP contribution in [0.3, 0.4) is 0 Å². The number of piperidine rings is 1. The predicted molar refractivity (Wildman–Crippen MR) is 132 cm³/mol. The lowest BCUT2D eigenvalue weighted by Gasteiger charge is -2.45. The van der Waals surface area contributed by atoms with Gasteiger partial charge >= 0.3 is 0 Å². The number of likely N-dealkylation sites (N-methyl/N-ethyl adjacent to an activating group) is 1. The summed E-state index contributed by atoms with van der Waals surface area (Å²) < 4.78 is 7.87. The first-order chi connectivity index (χ1) is 16.4. The van der Waals surface area contributed by atoms with Crippen LogP contribution in [0.15, 0.2) is 42.5 Å². The Morgan fingerprint density at radius 1 is 1.18 bits per heavy atom. The molecule has 1 aromatic heterocycles. The quantitative estimate of drug-likeness (QED) is 0.648. The molecule has 2 aliphatic rings. The van der Waals surface area contributed by atoms with Crippen LogP contribution in [0, 0.1) is 13.8 Å². The number of ether oxygens (including phenoxy) is 1. The lowest BCUT2D eigenvalue weighted by Crippen LogP contribution is -2.57. The summed E-state index contributed by atoms with van der Waals surface area (Å²) in [6, 6.07) is 9.89. The normalized spacial score (nSPS) is 21.2. The number of carbonyl (C=O) groups excluding carboxylic acids is 2. The van der Waals surface area contributed by atoms with Gasteiger partial charge in [0.25, 0.3) is 5.91 Å². The van der Waals surface area contributed by atoms with Crippen LogP contribution in [0.4, 0.5) is 0 Å². The molecule has 7 heteroatoms. The second-order valence-corrected chi connectivity index (χ2v) is 9.43. The molecule has 0 bridgehead atoms. The van der Waals surface area contributed by atoms with Gasteiger partial charge in [0.1, 0.15) is 5.75 Å². The molecule has 4 rings (SSSR count). The van der Waals surface area contributed by atoms with Gasteiger partial charge < -0.3 is 14.5 Å². The van der Waals surface area contributed by atoms with E-state index < -0.39 is 0 Å². The minimum absolute atomic E-state index is 0.0101. The molecule has 2 aromatic rings. The summed E-state index contributed by atoms with van der Waals surface area (Å²) in [5, 5.41) is 4.50. The Morgan fingerprint density at radius 2 is 2.00 bits per heavy atom. The van der Waals surface area contributed by atoms with Crippen LogP contribution < -0.4 is 4.74 Å². The maximum absolute atomic E-state index is 13.3. The highest BCUT2D eigenvalue weighted by Gasteiger charge is 2.37. The van der Waals surface area contributed by atoms with Crippen LogP contribution in [0.2, 0.25) is 0 Å². The Hall–Kier alpha value is -3.09. The Kier molecular flexibility index (Phi) is 7.70. The second kappa shape index (κ2) is 10.9. The summed E-state index contributed by atoms with van der Waals surface area (Å²) in [7, 11) is 1.85. The van der Waals surface area contributed by atoms with E-state index in [0.29, 0.717) is 6.42 Å². The zero-order chi connectivity index (χ0) is 24.1. The van der Waals surface area contributed by atoms with Crippen molar-refractivity contribution in [1.29, 1.82) is 0 Å². The summed E-state index contributed by atoms with van der Waals surface area (Å²) >= 11 is 0. The molecule has 0 N–H and O–H groups in total. The Labute approximate surface area is 202 Å². The van der Waals surface area contributed by atoms with Crippen molar-refractivity contribution in [2.24, 2.45) is 0 Å². The molecule has 7 nitrogen and oxygen atoms in total. The van der Waals surface area contributed by atoms with Crippen molar-refractivity contribution in [2.45, 2.75) is 71.0 Å². The molecule has 0 saturated carbocycles. The summed E-state index contributed by atoms with van der Waals surface area (Å²) in [6.45, 7) is 5.53. The predicted octanol–water partition coefficient (Wildman–Crippen LogP) is 3.68. The molecule has 1 aromatic carbocycles. The number of benzene rings is 1. The number of carbonyl (C=O) groups is 2. The largest absolute Gasteiger partial charge is 0.483 e. The average Bonchev–Trinajstić information content (AvgIpc) is 3.16. The Bertz CT molecular complexity index is 1040. The van der Waals surface area contributed by atoms with Gasteiger partial charge in [-0.1, -0.05) is 30.4 Å². The first kappa shape index (κ1) is 24.0. The monoisotopic (exact) mass is 464 g/mol. The maximum atomic E-state index is 13.3. The second-order valence-electron chi connectivity index (χ2n) is 9.43. The molecule has 0 radical (unpaired) electrons. The number of hydrogen-bond donors (Lipinski definition) is 0. The highest BCUT2D eigenvalue weighted by Crippen LogP contribution is 2.27. The third-order valence-corrected chi connectivity index (χ3v) is 7.02. The topological polar surface area (TPSA) is 67.7 Å². The van der Waals surface area contributed by atoms with Crippen LogP contribution in [-0.2, 0) is 22.6 Å². The molecule has 182 valence electrons. The van der Waals surface area contributed by atoms with Gasteiger partial charge in [0.05, 0.1) is 17.8 Å². The summed E-state index contributed by atoms with van der Waals surface area (Å²) in [6.07, 6.45) is 8.84. The number of fused-ring (bicyclic) bond motifs is 2. The lowest BCUT2D eigenvalue weighted by molar-refractivity contribution is -0.143. The minimum atomic E-state index is -0.0480. The zero-order valence-electron chi connectivity index (χ0n) is 20.6. The van der Waals surface area contributed by atoms with Crippen molar-refractivity contribution in [3.8, 4) is 5.75 Å². The van der Waals surface area contributed by atoms with Gasteiger partial charge in [-0.15, -0.1) is 0 Å². The first-order valence-corrected chi connectivity index (χ1v) is 12.4. The maximum Gasteiger partial charge on any atom is 0.260 e. The van der Waals surface area contributed by atoms with Crippen molar-refractivity contribution in [1.82, 2.24) is 19.6 Å². The van der Waals surface area contributed by atoms with E-state index in [1.54, 1.807) is 4.90 Å². The van der Waals surface area contributed by atoms with Gasteiger partial charge in [-0.2, -0.15) is 5.10 Å². The van der Waals surface area contributed by atoms with E-state index in [9.17, 15) is 9.59 Å². The molecular weight excluding hydrogens is 428 g/mol. The van der Waals surface area contributed by atoms with Gasteiger partial charge in [0.15, 0.2) is 6.61 Å². The van der Waals surface area contributed by atoms with Crippen LogP contribution in [-0.4, -0.2) is 63.7 Å². The number of likely N-dealkylation sites (tertiary alicyclic amines) is 1. The number of allylic oxidation sites excluding steroid dienone is 1. The fourth-order valence-corrected chi connectivity index (χ4v) is 5.19. The van der Waals surface area contributed by atoms with E-state index in [-0.39, 0.29) is 30.5 Å². The van der Waals surface area contributed by atoms with E-state index in [0.717, 1.165) is 67.9 Å². The van der Waals surface area contributed by atoms with E-state index in [1.807, 2.05) is 54.7 Å². The number of aromatic nitrogens is 2. The molecular formula is C27H36N4O3. The SMILES string of the molecule is Cc1cc(C)n(CCCC(=O)N2CCC[C@@H]3[C@H]2CC=CCc2ccccc2OCC(=O)N3C)n1. The molecule has 2 aliphatic heterocycles. The molecule has 34 heavy (non-hydrogen) atoms. The first-order valence-electron chi connectivity index (χ1n) is 12.4. The average molecular weight is 465 g/mol. The fourth-order valence-electron chi connectivity index (χ4n) is 5.19. The van der Waals surface area contributed by atoms with Crippen LogP contribution in [0.5, 0.6) is 5.75 Å². The number of hydrogen-bond acceptors (Lipinski definition) is 4. The molecule has 0 unspecified atom stereocenters. The lowest BCUT2D eigenvalue weighted by atomic mass is 9.91. The summed E-state index contributed by atoms with van der Waals surface area (Å²) in [4.78, 5) is 30.1. The smallest absolute Gasteiger partial charge is 0.260 e. The highest BCUT2D eigenvalue weighted by atomic mass is 16.5. The van der Waals surface area contributed by atoms with Crippen molar-refractivity contribution in [3.05, 3.63) is 59.4 Å². The van der Waals surface area contributed by atoms with Crippen LogP contribution in [0.1, 0.15) is 49.1 Å². The third-order valence-electron chi connectivity index (χ3n) is 7.02.